The first-order chi connectivity index (χ1) is 16.5. The van der Waals surface area contributed by atoms with Gasteiger partial charge in [0, 0.05) is 34.1 Å². The third-order valence-corrected chi connectivity index (χ3v) is 4.89. The molecule has 0 radical (unpaired) electrons. The number of benzene rings is 3. The fourth-order valence-corrected chi connectivity index (χ4v) is 3.21. The molecule has 1 aromatic heterocycles. The van der Waals surface area contributed by atoms with Crippen LogP contribution in [-0.4, -0.2) is 26.1 Å². The van der Waals surface area contributed by atoms with Gasteiger partial charge in [0.15, 0.2) is 0 Å². The second-order valence-electron chi connectivity index (χ2n) is 6.76. The van der Waals surface area contributed by atoms with E-state index in [0.29, 0.717) is 21.3 Å². The number of anilines is 5. The number of hydrogen-bond acceptors (Lipinski definition) is 9. The average Bonchev–Trinajstić information content (AvgIpc) is 2.81. The van der Waals surface area contributed by atoms with Gasteiger partial charge in [-0.25, -0.2) is 5.43 Å². The molecule has 170 valence electrons. The van der Waals surface area contributed by atoms with Crippen LogP contribution in [0.15, 0.2) is 77.9 Å². The van der Waals surface area contributed by atoms with Crippen LogP contribution in [0.25, 0.3) is 0 Å². The SMILES string of the molecule is O=[N+]([O-])c1ccc(Nc2nc(N/N=C\c3ccc(Cl)cc3Cl)nc(Nc3ccccc3)n2)cc1. The summed E-state index contributed by atoms with van der Waals surface area (Å²) in [5, 5.41) is 22.1. The van der Waals surface area contributed by atoms with Crippen LogP contribution < -0.4 is 16.1 Å². The van der Waals surface area contributed by atoms with Crippen molar-refractivity contribution < 1.29 is 4.92 Å². The van der Waals surface area contributed by atoms with Gasteiger partial charge in [0.05, 0.1) is 16.2 Å². The molecule has 0 saturated heterocycles. The summed E-state index contributed by atoms with van der Waals surface area (Å²) in [6.07, 6.45) is 1.51. The Morgan fingerprint density at radius 1 is 0.824 bits per heavy atom. The number of nitrogens with one attached hydrogen (secondary N) is 3. The number of nitro benzene ring substituents is 1. The van der Waals surface area contributed by atoms with Gasteiger partial charge in [-0.05, 0) is 36.4 Å². The highest BCUT2D eigenvalue weighted by molar-refractivity contribution is 6.36. The number of nitro groups is 1. The molecule has 0 bridgehead atoms. The van der Waals surface area contributed by atoms with E-state index in [4.69, 9.17) is 23.2 Å². The molecule has 0 aliphatic heterocycles. The predicted octanol–water partition coefficient (Wildman–Crippen LogP) is 6.02. The number of non-ortho nitro benzene ring substituents is 1. The van der Waals surface area contributed by atoms with Crippen LogP contribution in [-0.2, 0) is 0 Å². The molecule has 0 aliphatic rings. The monoisotopic (exact) mass is 494 g/mol. The fourth-order valence-electron chi connectivity index (χ4n) is 2.75. The van der Waals surface area contributed by atoms with Gasteiger partial charge in [-0.15, -0.1) is 0 Å². The Hall–Kier alpha value is -4.28. The van der Waals surface area contributed by atoms with Crippen molar-refractivity contribution >= 4 is 64.3 Å². The zero-order valence-corrected chi connectivity index (χ0v) is 18.8. The molecule has 1 heterocycles. The maximum atomic E-state index is 10.9. The van der Waals surface area contributed by atoms with E-state index >= 15 is 0 Å². The lowest BCUT2D eigenvalue weighted by Gasteiger charge is -2.10. The molecule has 0 atom stereocenters. The molecular formula is C22H16Cl2N8O2. The summed E-state index contributed by atoms with van der Waals surface area (Å²) in [5.41, 5.74) is 4.72. The van der Waals surface area contributed by atoms with Crippen LogP contribution in [0.5, 0.6) is 0 Å². The van der Waals surface area contributed by atoms with Crippen LogP contribution in [0.4, 0.5) is 34.9 Å². The minimum Gasteiger partial charge on any atom is -0.324 e. The number of aromatic nitrogens is 3. The third kappa shape index (κ3) is 6.15. The minimum absolute atomic E-state index is 0.0230. The summed E-state index contributed by atoms with van der Waals surface area (Å²) >= 11 is 12.1. The molecule has 12 heteroatoms. The highest BCUT2D eigenvalue weighted by atomic mass is 35.5. The van der Waals surface area contributed by atoms with E-state index in [1.807, 2.05) is 30.3 Å². The molecule has 3 N–H and O–H groups in total. The zero-order valence-electron chi connectivity index (χ0n) is 17.3. The van der Waals surface area contributed by atoms with Gasteiger partial charge >= 0.3 is 0 Å². The van der Waals surface area contributed by atoms with Gasteiger partial charge in [0.1, 0.15) is 0 Å². The molecule has 0 saturated carbocycles. The number of rotatable bonds is 8. The lowest BCUT2D eigenvalue weighted by atomic mass is 10.2. The molecule has 0 aliphatic carbocycles. The van der Waals surface area contributed by atoms with Gasteiger partial charge in [-0.2, -0.15) is 20.1 Å². The predicted molar refractivity (Wildman–Crippen MR) is 134 cm³/mol. The lowest BCUT2D eigenvalue weighted by molar-refractivity contribution is -0.384. The molecule has 0 fully saturated rings. The van der Waals surface area contributed by atoms with Crippen LogP contribution in [0.3, 0.4) is 0 Å². The van der Waals surface area contributed by atoms with Gasteiger partial charge < -0.3 is 10.6 Å². The van der Waals surface area contributed by atoms with Crippen molar-refractivity contribution in [2.24, 2.45) is 5.10 Å². The van der Waals surface area contributed by atoms with Crippen LogP contribution in [0.1, 0.15) is 5.56 Å². The van der Waals surface area contributed by atoms with E-state index in [0.717, 1.165) is 5.69 Å². The summed E-state index contributed by atoms with van der Waals surface area (Å²) in [6.45, 7) is 0. The van der Waals surface area contributed by atoms with Crippen LogP contribution in [0, 0.1) is 10.1 Å². The molecule has 0 spiro atoms. The van der Waals surface area contributed by atoms with Crippen molar-refractivity contribution in [2.45, 2.75) is 0 Å². The maximum absolute atomic E-state index is 10.9. The molecule has 10 nitrogen and oxygen atoms in total. The molecular weight excluding hydrogens is 479 g/mol. The smallest absolute Gasteiger partial charge is 0.269 e. The van der Waals surface area contributed by atoms with Gasteiger partial charge in [-0.3, -0.25) is 10.1 Å². The van der Waals surface area contributed by atoms with Crippen molar-refractivity contribution in [2.75, 3.05) is 16.1 Å². The molecule has 4 rings (SSSR count). The van der Waals surface area contributed by atoms with Crippen molar-refractivity contribution in [3.8, 4) is 0 Å². The Bertz CT molecular complexity index is 1330. The molecule has 3 aromatic carbocycles. The van der Waals surface area contributed by atoms with Crippen molar-refractivity contribution in [3.63, 3.8) is 0 Å². The summed E-state index contributed by atoms with van der Waals surface area (Å²) in [6, 6.07) is 20.3. The number of hydrazone groups is 1. The van der Waals surface area contributed by atoms with Crippen molar-refractivity contribution in [3.05, 3.63) is 98.5 Å². The van der Waals surface area contributed by atoms with Crippen LogP contribution >= 0.6 is 23.2 Å². The van der Waals surface area contributed by atoms with E-state index in [2.05, 4.69) is 36.1 Å². The Labute approximate surface area is 203 Å². The zero-order chi connectivity index (χ0) is 23.9. The van der Waals surface area contributed by atoms with E-state index in [1.165, 1.54) is 18.3 Å². The summed E-state index contributed by atoms with van der Waals surface area (Å²) in [5.74, 6) is 0.608. The molecule has 4 aromatic rings. The highest BCUT2D eigenvalue weighted by Gasteiger charge is 2.09. The Kier molecular flexibility index (Phi) is 7.11. The second kappa shape index (κ2) is 10.6. The average molecular weight is 495 g/mol. The largest absolute Gasteiger partial charge is 0.324 e. The lowest BCUT2D eigenvalue weighted by Crippen LogP contribution is -2.07. The van der Waals surface area contributed by atoms with Crippen molar-refractivity contribution in [1.82, 2.24) is 15.0 Å². The summed E-state index contributed by atoms with van der Waals surface area (Å²) in [7, 11) is 0. The standard InChI is InChI=1S/C22H16Cl2N8O2/c23-15-7-6-14(19(24)12-15)13-25-31-22-29-20(26-16-4-2-1-3-5-16)28-21(30-22)27-17-8-10-18(11-9-17)32(33)34/h1-13H,(H3,26,27,28,29,30,31)/b25-13-. The quantitative estimate of drug-likeness (QED) is 0.154. The van der Waals surface area contributed by atoms with Gasteiger partial charge in [0.2, 0.25) is 17.8 Å². The Balaban J connectivity index is 1.58. The number of nitrogens with zero attached hydrogens (tertiary/aromatic N) is 5. The van der Waals surface area contributed by atoms with E-state index < -0.39 is 4.92 Å². The molecule has 0 amide bonds. The minimum atomic E-state index is -0.471. The number of hydrogen-bond donors (Lipinski definition) is 3. The topological polar surface area (TPSA) is 130 Å². The summed E-state index contributed by atoms with van der Waals surface area (Å²) < 4.78 is 0. The first-order valence-electron chi connectivity index (χ1n) is 9.80. The van der Waals surface area contributed by atoms with E-state index in [9.17, 15) is 10.1 Å². The molecule has 0 unspecified atom stereocenters. The first kappa shape index (κ1) is 22.9. The van der Waals surface area contributed by atoms with Crippen molar-refractivity contribution in [1.29, 1.82) is 0 Å². The Morgan fingerprint density at radius 3 is 2.06 bits per heavy atom. The normalized spacial score (nSPS) is 10.8. The number of halogens is 2. The third-order valence-electron chi connectivity index (χ3n) is 4.33. The first-order valence-corrected chi connectivity index (χ1v) is 10.6. The highest BCUT2D eigenvalue weighted by Crippen LogP contribution is 2.22. The van der Waals surface area contributed by atoms with Crippen LogP contribution in [0.2, 0.25) is 10.0 Å². The fraction of sp³-hybridized carbons (Fsp3) is 0. The maximum Gasteiger partial charge on any atom is 0.269 e. The van der Waals surface area contributed by atoms with Gasteiger partial charge in [0.25, 0.3) is 5.69 Å². The molecule has 34 heavy (non-hydrogen) atoms. The Morgan fingerprint density at radius 2 is 1.44 bits per heavy atom. The van der Waals surface area contributed by atoms with E-state index in [1.54, 1.807) is 30.3 Å². The van der Waals surface area contributed by atoms with Gasteiger partial charge in [-0.1, -0.05) is 47.5 Å². The second-order valence-corrected chi connectivity index (χ2v) is 7.61. The summed E-state index contributed by atoms with van der Waals surface area (Å²) in [4.78, 5) is 23.4. The number of para-hydroxylation sites is 1. The van der Waals surface area contributed by atoms with E-state index in [-0.39, 0.29) is 23.5 Å².